The summed E-state index contributed by atoms with van der Waals surface area (Å²) in [4.78, 5) is 7.13. The fourth-order valence-electron chi connectivity index (χ4n) is 1.59. The summed E-state index contributed by atoms with van der Waals surface area (Å²) in [5.41, 5.74) is 1.08. The Morgan fingerprint density at radius 2 is 2.12 bits per heavy atom. The molecule has 0 bridgehead atoms. The van der Waals surface area contributed by atoms with Crippen molar-refractivity contribution in [1.82, 2.24) is 15.3 Å². The molecule has 84 valence electrons. The third-order valence-electron chi connectivity index (χ3n) is 2.46. The number of hydrogen-bond donors (Lipinski definition) is 3. The van der Waals surface area contributed by atoms with E-state index in [0.717, 1.165) is 11.4 Å². The Hall–Kier alpha value is -1.65. The number of aromatic amines is 1. The first-order valence-electron chi connectivity index (χ1n) is 5.27. The van der Waals surface area contributed by atoms with E-state index >= 15 is 0 Å². The Balaban J connectivity index is 1.96. The highest BCUT2D eigenvalue weighted by molar-refractivity contribution is 5.18. The van der Waals surface area contributed by atoms with Gasteiger partial charge in [-0.05, 0) is 5.56 Å². The predicted octanol–water partition coefficient (Wildman–Crippen LogP) is 1.23. The number of imidazole rings is 1. The van der Waals surface area contributed by atoms with Gasteiger partial charge in [0, 0.05) is 12.4 Å². The molecule has 2 rings (SSSR count). The van der Waals surface area contributed by atoms with Crippen LogP contribution in [-0.2, 0) is 6.54 Å². The molecule has 0 spiro atoms. The lowest BCUT2D eigenvalue weighted by molar-refractivity contribution is 0.243. The Kier molecular flexibility index (Phi) is 3.69. The molecule has 0 saturated heterocycles. The lowest BCUT2D eigenvalue weighted by Gasteiger charge is -2.15. The van der Waals surface area contributed by atoms with E-state index in [0.29, 0.717) is 6.54 Å². The molecule has 2 aromatic rings. The maximum Gasteiger partial charge on any atom is 0.120 e. The molecule has 0 fully saturated rings. The third kappa shape index (κ3) is 2.68. The molecular weight excluding hydrogens is 202 g/mol. The normalized spacial score (nSPS) is 12.6. The fraction of sp³-hybridized carbons (Fsp3) is 0.250. The number of nitrogens with one attached hydrogen (secondary N) is 2. The van der Waals surface area contributed by atoms with Crippen LogP contribution in [0.2, 0.25) is 0 Å². The van der Waals surface area contributed by atoms with Gasteiger partial charge in [-0.2, -0.15) is 0 Å². The highest BCUT2D eigenvalue weighted by Gasteiger charge is 2.09. The van der Waals surface area contributed by atoms with Gasteiger partial charge in [-0.1, -0.05) is 30.3 Å². The zero-order valence-electron chi connectivity index (χ0n) is 8.93. The number of aromatic nitrogens is 2. The molecule has 1 aromatic carbocycles. The second-order valence-electron chi connectivity index (χ2n) is 3.56. The average molecular weight is 217 g/mol. The van der Waals surface area contributed by atoms with E-state index in [1.807, 2.05) is 30.3 Å². The van der Waals surface area contributed by atoms with Gasteiger partial charge in [0.15, 0.2) is 0 Å². The maximum absolute atomic E-state index is 9.31. The topological polar surface area (TPSA) is 60.9 Å². The van der Waals surface area contributed by atoms with E-state index in [1.54, 1.807) is 12.4 Å². The van der Waals surface area contributed by atoms with Crippen LogP contribution in [0.5, 0.6) is 0 Å². The summed E-state index contributed by atoms with van der Waals surface area (Å²) in [5.74, 6) is 0.870. The van der Waals surface area contributed by atoms with Crippen molar-refractivity contribution in [3.8, 4) is 0 Å². The van der Waals surface area contributed by atoms with Gasteiger partial charge in [-0.15, -0.1) is 0 Å². The van der Waals surface area contributed by atoms with Gasteiger partial charge < -0.3 is 15.4 Å². The van der Waals surface area contributed by atoms with Crippen molar-refractivity contribution in [2.75, 3.05) is 6.61 Å². The van der Waals surface area contributed by atoms with E-state index in [2.05, 4.69) is 15.3 Å². The summed E-state index contributed by atoms with van der Waals surface area (Å²) in [5, 5.41) is 12.6. The molecule has 4 heteroatoms. The molecular formula is C12H15N3O. The van der Waals surface area contributed by atoms with Gasteiger partial charge in [0.05, 0.1) is 19.2 Å². The van der Waals surface area contributed by atoms with Crippen LogP contribution >= 0.6 is 0 Å². The number of rotatable bonds is 5. The number of nitrogens with zero attached hydrogens (tertiary/aromatic N) is 1. The first kappa shape index (κ1) is 10.9. The number of H-pyrrole nitrogens is 1. The summed E-state index contributed by atoms with van der Waals surface area (Å²) in [6.07, 6.45) is 3.50. The quantitative estimate of drug-likeness (QED) is 0.706. The molecule has 0 aliphatic heterocycles. The SMILES string of the molecule is OC[C@@H](NCc1ncc[nH]1)c1ccccc1. The smallest absolute Gasteiger partial charge is 0.120 e. The van der Waals surface area contributed by atoms with Crippen molar-refractivity contribution in [2.24, 2.45) is 0 Å². The number of benzene rings is 1. The minimum Gasteiger partial charge on any atom is -0.394 e. The molecule has 0 aliphatic carbocycles. The van der Waals surface area contributed by atoms with Gasteiger partial charge in [-0.3, -0.25) is 0 Å². The monoisotopic (exact) mass is 217 g/mol. The molecule has 0 saturated carbocycles. The van der Waals surface area contributed by atoms with Crippen molar-refractivity contribution >= 4 is 0 Å². The van der Waals surface area contributed by atoms with E-state index in [-0.39, 0.29) is 12.6 Å². The van der Waals surface area contributed by atoms with E-state index in [4.69, 9.17) is 0 Å². The molecule has 1 heterocycles. The van der Waals surface area contributed by atoms with Crippen LogP contribution in [0.1, 0.15) is 17.4 Å². The van der Waals surface area contributed by atoms with Crippen LogP contribution in [0, 0.1) is 0 Å². The van der Waals surface area contributed by atoms with Crippen molar-refractivity contribution in [2.45, 2.75) is 12.6 Å². The highest BCUT2D eigenvalue weighted by atomic mass is 16.3. The molecule has 4 nitrogen and oxygen atoms in total. The zero-order chi connectivity index (χ0) is 11.2. The Morgan fingerprint density at radius 1 is 1.31 bits per heavy atom. The molecule has 0 unspecified atom stereocenters. The largest absolute Gasteiger partial charge is 0.394 e. The molecule has 0 aliphatic rings. The summed E-state index contributed by atoms with van der Waals surface area (Å²) in [6, 6.07) is 9.83. The second kappa shape index (κ2) is 5.44. The van der Waals surface area contributed by atoms with E-state index in [9.17, 15) is 5.11 Å². The molecule has 3 N–H and O–H groups in total. The Bertz CT molecular complexity index is 399. The summed E-state index contributed by atoms with van der Waals surface area (Å²) < 4.78 is 0. The van der Waals surface area contributed by atoms with Crippen LogP contribution in [0.25, 0.3) is 0 Å². The number of hydrogen-bond acceptors (Lipinski definition) is 3. The molecule has 0 radical (unpaired) electrons. The van der Waals surface area contributed by atoms with Gasteiger partial charge in [-0.25, -0.2) is 4.98 Å². The first-order chi connectivity index (χ1) is 7.90. The maximum atomic E-state index is 9.31. The van der Waals surface area contributed by atoms with Crippen molar-refractivity contribution < 1.29 is 5.11 Å². The number of aliphatic hydroxyl groups excluding tert-OH is 1. The minimum absolute atomic E-state index is 0.0497. The van der Waals surface area contributed by atoms with Crippen molar-refractivity contribution in [3.63, 3.8) is 0 Å². The van der Waals surface area contributed by atoms with Crippen LogP contribution in [0.4, 0.5) is 0 Å². The van der Waals surface area contributed by atoms with Gasteiger partial charge >= 0.3 is 0 Å². The lowest BCUT2D eigenvalue weighted by Crippen LogP contribution is -2.24. The highest BCUT2D eigenvalue weighted by Crippen LogP contribution is 2.11. The Labute approximate surface area is 94.4 Å². The molecule has 16 heavy (non-hydrogen) atoms. The fourth-order valence-corrected chi connectivity index (χ4v) is 1.59. The standard InChI is InChI=1S/C12H15N3O/c16-9-11(10-4-2-1-3-5-10)15-8-12-13-6-7-14-12/h1-7,11,15-16H,8-9H2,(H,13,14)/t11-/m1/s1. The lowest BCUT2D eigenvalue weighted by atomic mass is 10.1. The molecule has 0 amide bonds. The molecule has 1 aromatic heterocycles. The van der Waals surface area contributed by atoms with Crippen LogP contribution in [0.15, 0.2) is 42.7 Å². The minimum atomic E-state index is -0.0497. The summed E-state index contributed by atoms with van der Waals surface area (Å²) >= 11 is 0. The van der Waals surface area contributed by atoms with E-state index in [1.165, 1.54) is 0 Å². The van der Waals surface area contributed by atoms with E-state index < -0.39 is 0 Å². The summed E-state index contributed by atoms with van der Waals surface area (Å²) in [6.45, 7) is 0.692. The van der Waals surface area contributed by atoms with Crippen LogP contribution in [0.3, 0.4) is 0 Å². The predicted molar refractivity (Wildman–Crippen MR) is 61.7 cm³/mol. The second-order valence-corrected chi connectivity index (χ2v) is 3.56. The van der Waals surface area contributed by atoms with Gasteiger partial charge in [0.2, 0.25) is 0 Å². The summed E-state index contributed by atoms with van der Waals surface area (Å²) in [7, 11) is 0. The van der Waals surface area contributed by atoms with Crippen LogP contribution < -0.4 is 5.32 Å². The first-order valence-corrected chi connectivity index (χ1v) is 5.27. The zero-order valence-corrected chi connectivity index (χ0v) is 8.93. The third-order valence-corrected chi connectivity index (χ3v) is 2.46. The number of aliphatic hydroxyl groups is 1. The van der Waals surface area contributed by atoms with Gasteiger partial charge in [0.1, 0.15) is 5.82 Å². The average Bonchev–Trinajstić information content (AvgIpc) is 2.84. The van der Waals surface area contributed by atoms with Crippen LogP contribution in [-0.4, -0.2) is 21.7 Å². The van der Waals surface area contributed by atoms with Crippen molar-refractivity contribution in [1.29, 1.82) is 0 Å². The van der Waals surface area contributed by atoms with Crippen molar-refractivity contribution in [3.05, 3.63) is 54.1 Å². The van der Waals surface area contributed by atoms with Gasteiger partial charge in [0.25, 0.3) is 0 Å². The Morgan fingerprint density at radius 3 is 2.75 bits per heavy atom. The molecule has 1 atom stereocenters.